The molecule has 0 radical (unpaired) electrons. The fraction of sp³-hybridized carbons (Fsp3) is 0.667. The van der Waals surface area contributed by atoms with Crippen LogP contribution >= 0.6 is 0 Å². The average Bonchev–Trinajstić information content (AvgIpc) is 2.96. The number of nitrogens with one attached hydrogen (secondary N) is 2. The summed E-state index contributed by atoms with van der Waals surface area (Å²) in [5.41, 5.74) is 1.30. The predicted octanol–water partition coefficient (Wildman–Crippen LogP) is 1.30. The standard InChI is InChI=1S/C12H20N2O2/c1(6-16-12-3-7-15-10-12)4-13-8-11-2-5-14-9-11/h2,5,9,12-14H,1,3-4,6-8,10H2. The first-order valence-electron chi connectivity index (χ1n) is 5.97. The number of hydrogen-bond acceptors (Lipinski definition) is 3. The highest BCUT2D eigenvalue weighted by Crippen LogP contribution is 2.07. The van der Waals surface area contributed by atoms with E-state index in [4.69, 9.17) is 9.47 Å². The highest BCUT2D eigenvalue weighted by atomic mass is 16.5. The van der Waals surface area contributed by atoms with E-state index in [2.05, 4.69) is 16.4 Å². The minimum absolute atomic E-state index is 0.338. The first-order valence-corrected chi connectivity index (χ1v) is 5.97. The third-order valence-electron chi connectivity index (χ3n) is 2.73. The fourth-order valence-corrected chi connectivity index (χ4v) is 1.79. The van der Waals surface area contributed by atoms with Crippen LogP contribution in [0.3, 0.4) is 0 Å². The number of hydrogen-bond donors (Lipinski definition) is 2. The summed E-state index contributed by atoms with van der Waals surface area (Å²) in [5.74, 6) is 0. The molecule has 1 aromatic rings. The molecule has 4 heteroatoms. The molecule has 2 N–H and O–H groups in total. The van der Waals surface area contributed by atoms with Crippen LogP contribution in [0.5, 0.6) is 0 Å². The second kappa shape index (κ2) is 6.68. The Bertz CT molecular complexity index is 269. The molecule has 0 amide bonds. The van der Waals surface area contributed by atoms with Crippen LogP contribution in [-0.2, 0) is 16.0 Å². The van der Waals surface area contributed by atoms with Crippen LogP contribution in [0, 0.1) is 0 Å². The number of aromatic nitrogens is 1. The Labute approximate surface area is 96.3 Å². The quantitative estimate of drug-likeness (QED) is 0.686. The SMILES string of the molecule is c1cc(CNCCCOC2CCOC2)c[nH]1. The molecule has 0 spiro atoms. The van der Waals surface area contributed by atoms with E-state index in [-0.39, 0.29) is 0 Å². The van der Waals surface area contributed by atoms with Gasteiger partial charge in [-0.25, -0.2) is 0 Å². The lowest BCUT2D eigenvalue weighted by atomic mass is 10.3. The van der Waals surface area contributed by atoms with E-state index < -0.39 is 0 Å². The van der Waals surface area contributed by atoms with Gasteiger partial charge in [-0.1, -0.05) is 0 Å². The maximum Gasteiger partial charge on any atom is 0.0830 e. The Morgan fingerprint density at radius 2 is 2.56 bits per heavy atom. The van der Waals surface area contributed by atoms with Crippen molar-refractivity contribution in [2.24, 2.45) is 0 Å². The molecule has 1 fully saturated rings. The van der Waals surface area contributed by atoms with Crippen LogP contribution in [0.15, 0.2) is 18.5 Å². The molecular weight excluding hydrogens is 204 g/mol. The van der Waals surface area contributed by atoms with E-state index in [1.165, 1.54) is 5.56 Å². The number of H-pyrrole nitrogens is 1. The highest BCUT2D eigenvalue weighted by Gasteiger charge is 2.14. The summed E-state index contributed by atoms with van der Waals surface area (Å²) < 4.78 is 10.9. The van der Waals surface area contributed by atoms with Gasteiger partial charge in [-0.3, -0.25) is 0 Å². The monoisotopic (exact) mass is 224 g/mol. The van der Waals surface area contributed by atoms with Gasteiger partial charge in [0.15, 0.2) is 0 Å². The van der Waals surface area contributed by atoms with Crippen LogP contribution in [0.1, 0.15) is 18.4 Å². The van der Waals surface area contributed by atoms with Gasteiger partial charge in [-0.05, 0) is 31.0 Å². The van der Waals surface area contributed by atoms with Gasteiger partial charge in [0.1, 0.15) is 0 Å². The van der Waals surface area contributed by atoms with Crippen LogP contribution < -0.4 is 5.32 Å². The van der Waals surface area contributed by atoms with Crippen molar-refractivity contribution < 1.29 is 9.47 Å². The van der Waals surface area contributed by atoms with E-state index >= 15 is 0 Å². The molecular formula is C12H20N2O2. The summed E-state index contributed by atoms with van der Waals surface area (Å²) in [5, 5.41) is 3.38. The largest absolute Gasteiger partial charge is 0.379 e. The molecule has 4 nitrogen and oxygen atoms in total. The molecule has 1 atom stereocenters. The van der Waals surface area contributed by atoms with Gasteiger partial charge in [-0.15, -0.1) is 0 Å². The number of ether oxygens (including phenoxy) is 2. The molecule has 0 aromatic carbocycles. The fourth-order valence-electron chi connectivity index (χ4n) is 1.79. The van der Waals surface area contributed by atoms with Gasteiger partial charge in [0.25, 0.3) is 0 Å². The zero-order valence-electron chi connectivity index (χ0n) is 9.58. The van der Waals surface area contributed by atoms with E-state index in [0.717, 1.165) is 45.8 Å². The molecule has 0 saturated carbocycles. The molecule has 1 aromatic heterocycles. The zero-order valence-corrected chi connectivity index (χ0v) is 9.58. The van der Waals surface area contributed by atoms with E-state index in [1.54, 1.807) is 0 Å². The average molecular weight is 224 g/mol. The summed E-state index contributed by atoms with van der Waals surface area (Å²) in [6, 6.07) is 2.08. The maximum absolute atomic E-state index is 5.67. The Balaban J connectivity index is 1.43. The molecule has 0 bridgehead atoms. The second-order valence-corrected chi connectivity index (χ2v) is 4.11. The number of rotatable bonds is 7. The van der Waals surface area contributed by atoms with Crippen LogP contribution in [0.25, 0.3) is 0 Å². The van der Waals surface area contributed by atoms with Crippen molar-refractivity contribution in [3.63, 3.8) is 0 Å². The summed E-state index contributed by atoms with van der Waals surface area (Å²) in [7, 11) is 0. The molecule has 1 aliphatic heterocycles. The van der Waals surface area contributed by atoms with Crippen LogP contribution in [-0.4, -0.2) is 37.5 Å². The normalized spacial score (nSPS) is 20.4. The summed E-state index contributed by atoms with van der Waals surface area (Å²) in [4.78, 5) is 3.04. The zero-order chi connectivity index (χ0) is 11.1. The van der Waals surface area contributed by atoms with Gasteiger partial charge in [0.05, 0.1) is 12.7 Å². The lowest BCUT2D eigenvalue weighted by Crippen LogP contribution is -2.19. The van der Waals surface area contributed by atoms with Gasteiger partial charge >= 0.3 is 0 Å². The Morgan fingerprint density at radius 3 is 3.31 bits per heavy atom. The van der Waals surface area contributed by atoms with Crippen molar-refractivity contribution in [3.05, 3.63) is 24.0 Å². The summed E-state index contributed by atoms with van der Waals surface area (Å²) in [6.07, 6.45) is 6.40. The third kappa shape index (κ3) is 3.96. The van der Waals surface area contributed by atoms with Crippen LogP contribution in [0.2, 0.25) is 0 Å². The molecule has 1 saturated heterocycles. The van der Waals surface area contributed by atoms with Crippen molar-refractivity contribution in [2.45, 2.75) is 25.5 Å². The maximum atomic E-state index is 5.67. The summed E-state index contributed by atoms with van der Waals surface area (Å²) >= 11 is 0. The van der Waals surface area contributed by atoms with Crippen molar-refractivity contribution >= 4 is 0 Å². The first-order chi connectivity index (χ1) is 7.95. The molecule has 2 heterocycles. The van der Waals surface area contributed by atoms with E-state index in [0.29, 0.717) is 6.10 Å². The first kappa shape index (κ1) is 11.6. The molecule has 0 aliphatic carbocycles. The Morgan fingerprint density at radius 1 is 1.56 bits per heavy atom. The van der Waals surface area contributed by atoms with Crippen molar-refractivity contribution in [3.8, 4) is 0 Å². The Hall–Kier alpha value is -0.840. The highest BCUT2D eigenvalue weighted by molar-refractivity contribution is 5.07. The van der Waals surface area contributed by atoms with E-state index in [1.807, 2.05) is 12.4 Å². The lowest BCUT2D eigenvalue weighted by molar-refractivity contribution is 0.0416. The molecule has 2 rings (SSSR count). The number of aromatic amines is 1. The minimum atomic E-state index is 0.338. The molecule has 90 valence electrons. The van der Waals surface area contributed by atoms with Crippen LogP contribution in [0.4, 0.5) is 0 Å². The predicted molar refractivity (Wildman–Crippen MR) is 62.3 cm³/mol. The molecule has 1 unspecified atom stereocenters. The molecule has 16 heavy (non-hydrogen) atoms. The second-order valence-electron chi connectivity index (χ2n) is 4.11. The van der Waals surface area contributed by atoms with Crippen molar-refractivity contribution in [2.75, 3.05) is 26.4 Å². The van der Waals surface area contributed by atoms with Gasteiger partial charge in [0.2, 0.25) is 0 Å². The van der Waals surface area contributed by atoms with E-state index in [9.17, 15) is 0 Å². The Kier molecular flexibility index (Phi) is 4.86. The molecule has 1 aliphatic rings. The van der Waals surface area contributed by atoms with Crippen molar-refractivity contribution in [1.29, 1.82) is 0 Å². The minimum Gasteiger partial charge on any atom is -0.379 e. The summed E-state index contributed by atoms with van der Waals surface area (Å²) in [6.45, 7) is 4.39. The van der Waals surface area contributed by atoms with Gasteiger partial charge < -0.3 is 19.8 Å². The smallest absolute Gasteiger partial charge is 0.0830 e. The lowest BCUT2D eigenvalue weighted by Gasteiger charge is -2.09. The van der Waals surface area contributed by atoms with Gasteiger partial charge in [-0.2, -0.15) is 0 Å². The van der Waals surface area contributed by atoms with Crippen molar-refractivity contribution in [1.82, 2.24) is 10.3 Å². The third-order valence-corrected chi connectivity index (χ3v) is 2.73. The van der Waals surface area contributed by atoms with Gasteiger partial charge in [0, 0.05) is 32.2 Å². The topological polar surface area (TPSA) is 46.3 Å².